The Kier molecular flexibility index (Phi) is 2.33. The summed E-state index contributed by atoms with van der Waals surface area (Å²) < 4.78 is 5.89. The largest absolute Gasteiger partial charge is 0.507 e. The summed E-state index contributed by atoms with van der Waals surface area (Å²) in [6.07, 6.45) is 0. The Labute approximate surface area is 131 Å². The van der Waals surface area contributed by atoms with Gasteiger partial charge in [-0.2, -0.15) is 0 Å². The van der Waals surface area contributed by atoms with E-state index in [1.807, 2.05) is 54.6 Å². The number of para-hydroxylation sites is 3. The van der Waals surface area contributed by atoms with Crippen molar-refractivity contribution in [2.45, 2.75) is 0 Å². The molecule has 0 fully saturated rings. The zero-order valence-corrected chi connectivity index (χ0v) is 12.1. The summed E-state index contributed by atoms with van der Waals surface area (Å²) in [5.41, 5.74) is 3.98. The quantitative estimate of drug-likeness (QED) is 0.466. The first-order valence-electron chi connectivity index (χ1n) is 7.39. The Morgan fingerprint density at radius 2 is 1.70 bits per heavy atom. The molecule has 0 spiro atoms. The predicted octanol–water partition coefficient (Wildman–Crippen LogP) is 4.83. The third-order valence-corrected chi connectivity index (χ3v) is 4.14. The van der Waals surface area contributed by atoms with Gasteiger partial charge < -0.3 is 14.5 Å². The normalized spacial score (nSPS) is 11.7. The highest BCUT2D eigenvalue weighted by Crippen LogP contribution is 2.37. The van der Waals surface area contributed by atoms with Crippen LogP contribution in [-0.2, 0) is 0 Å². The average molecular weight is 300 g/mol. The summed E-state index contributed by atoms with van der Waals surface area (Å²) in [4.78, 5) is 7.79. The molecule has 0 aliphatic heterocycles. The summed E-state index contributed by atoms with van der Waals surface area (Å²) in [7, 11) is 0. The van der Waals surface area contributed by atoms with Crippen LogP contribution in [0.2, 0.25) is 0 Å². The molecule has 0 atom stereocenters. The van der Waals surface area contributed by atoms with Crippen LogP contribution in [0.15, 0.2) is 65.1 Å². The molecule has 110 valence electrons. The van der Waals surface area contributed by atoms with E-state index in [-0.39, 0.29) is 5.75 Å². The van der Waals surface area contributed by atoms with Gasteiger partial charge in [-0.3, -0.25) is 0 Å². The molecule has 0 aliphatic rings. The average Bonchev–Trinajstić information content (AvgIpc) is 3.15. The van der Waals surface area contributed by atoms with Crippen LogP contribution in [-0.4, -0.2) is 15.1 Å². The van der Waals surface area contributed by atoms with E-state index in [0.29, 0.717) is 11.4 Å². The highest BCUT2D eigenvalue weighted by molar-refractivity contribution is 6.06. The summed E-state index contributed by atoms with van der Waals surface area (Å²) in [5, 5.41) is 12.4. The molecule has 0 radical (unpaired) electrons. The van der Waals surface area contributed by atoms with Gasteiger partial charge in [0.1, 0.15) is 22.7 Å². The van der Waals surface area contributed by atoms with Gasteiger partial charge in [0, 0.05) is 10.8 Å². The van der Waals surface area contributed by atoms with E-state index in [1.165, 1.54) is 0 Å². The second-order valence-corrected chi connectivity index (χ2v) is 5.57. The molecule has 2 N–H and O–H groups in total. The molecule has 5 rings (SSSR count). The lowest BCUT2D eigenvalue weighted by Gasteiger charge is -2.01. The van der Waals surface area contributed by atoms with Crippen LogP contribution in [0.4, 0.5) is 0 Å². The molecule has 0 bridgehead atoms. The molecule has 0 saturated carbocycles. The first kappa shape index (κ1) is 12.3. The number of hydrogen-bond donors (Lipinski definition) is 2. The highest BCUT2D eigenvalue weighted by Gasteiger charge is 2.14. The fourth-order valence-electron chi connectivity index (χ4n) is 3.03. The molecule has 23 heavy (non-hydrogen) atoms. The van der Waals surface area contributed by atoms with Gasteiger partial charge in [0.2, 0.25) is 0 Å². The molecule has 0 aliphatic carbocycles. The number of nitrogens with zero attached hydrogens (tertiary/aromatic N) is 1. The van der Waals surface area contributed by atoms with Crippen molar-refractivity contribution in [2.75, 3.05) is 0 Å². The van der Waals surface area contributed by atoms with Crippen LogP contribution in [0, 0.1) is 0 Å². The standard InChI is InChI=1S/C19H12N2O2/c22-16-9-12-11-5-1-4-8-17(11)23-18(12)10-13(16)19-20-14-6-2-3-7-15(14)21-19/h1-10,22H,(H,20,21). The van der Waals surface area contributed by atoms with E-state index in [0.717, 1.165) is 33.0 Å². The molecule has 5 aromatic rings. The number of aromatic nitrogens is 2. The van der Waals surface area contributed by atoms with Crippen molar-refractivity contribution in [1.29, 1.82) is 0 Å². The fraction of sp³-hybridized carbons (Fsp3) is 0. The topological polar surface area (TPSA) is 62.1 Å². The van der Waals surface area contributed by atoms with Gasteiger partial charge in [0.15, 0.2) is 0 Å². The molecular formula is C19H12N2O2. The van der Waals surface area contributed by atoms with Crippen molar-refractivity contribution in [1.82, 2.24) is 9.97 Å². The number of H-pyrrole nitrogens is 1. The number of phenolic OH excluding ortho intramolecular Hbond substituents is 1. The monoisotopic (exact) mass is 300 g/mol. The van der Waals surface area contributed by atoms with Gasteiger partial charge in [-0.1, -0.05) is 30.3 Å². The molecule has 0 unspecified atom stereocenters. The van der Waals surface area contributed by atoms with Crippen LogP contribution < -0.4 is 0 Å². The Hall–Kier alpha value is -3.27. The van der Waals surface area contributed by atoms with Crippen molar-refractivity contribution in [3.05, 3.63) is 60.7 Å². The molecular weight excluding hydrogens is 288 g/mol. The predicted molar refractivity (Wildman–Crippen MR) is 90.5 cm³/mol. The van der Waals surface area contributed by atoms with Gasteiger partial charge in [0.05, 0.1) is 16.6 Å². The lowest BCUT2D eigenvalue weighted by Crippen LogP contribution is -1.82. The van der Waals surface area contributed by atoms with Crippen molar-refractivity contribution in [3.8, 4) is 17.1 Å². The van der Waals surface area contributed by atoms with E-state index >= 15 is 0 Å². The molecule has 4 nitrogen and oxygen atoms in total. The van der Waals surface area contributed by atoms with E-state index in [1.54, 1.807) is 6.07 Å². The molecule has 2 heterocycles. The maximum atomic E-state index is 10.5. The summed E-state index contributed by atoms with van der Waals surface area (Å²) in [6.45, 7) is 0. The number of imidazole rings is 1. The van der Waals surface area contributed by atoms with Crippen molar-refractivity contribution < 1.29 is 9.52 Å². The number of fused-ring (bicyclic) bond motifs is 4. The van der Waals surface area contributed by atoms with Crippen LogP contribution in [0.5, 0.6) is 5.75 Å². The number of phenols is 1. The number of rotatable bonds is 1. The van der Waals surface area contributed by atoms with Gasteiger partial charge in [-0.25, -0.2) is 4.98 Å². The molecule has 0 amide bonds. The van der Waals surface area contributed by atoms with E-state index in [4.69, 9.17) is 4.42 Å². The lowest BCUT2D eigenvalue weighted by atomic mass is 10.1. The highest BCUT2D eigenvalue weighted by atomic mass is 16.3. The van der Waals surface area contributed by atoms with Gasteiger partial charge in [0.25, 0.3) is 0 Å². The molecule has 2 aromatic heterocycles. The number of hydrogen-bond acceptors (Lipinski definition) is 3. The third kappa shape index (κ3) is 1.75. The van der Waals surface area contributed by atoms with Crippen LogP contribution in [0.3, 0.4) is 0 Å². The van der Waals surface area contributed by atoms with Crippen molar-refractivity contribution >= 4 is 33.0 Å². The smallest absolute Gasteiger partial charge is 0.142 e. The van der Waals surface area contributed by atoms with Crippen LogP contribution in [0.1, 0.15) is 0 Å². The van der Waals surface area contributed by atoms with E-state index in [2.05, 4.69) is 9.97 Å². The van der Waals surface area contributed by atoms with E-state index < -0.39 is 0 Å². The fourth-order valence-corrected chi connectivity index (χ4v) is 3.03. The van der Waals surface area contributed by atoms with Gasteiger partial charge in [-0.05, 0) is 30.3 Å². The Morgan fingerprint density at radius 3 is 2.61 bits per heavy atom. The molecule has 0 saturated heterocycles. The summed E-state index contributed by atoms with van der Waals surface area (Å²) in [5.74, 6) is 0.814. The van der Waals surface area contributed by atoms with Crippen LogP contribution >= 0.6 is 0 Å². The number of furan rings is 1. The van der Waals surface area contributed by atoms with Crippen molar-refractivity contribution in [3.63, 3.8) is 0 Å². The first-order valence-corrected chi connectivity index (χ1v) is 7.39. The summed E-state index contributed by atoms with van der Waals surface area (Å²) >= 11 is 0. The van der Waals surface area contributed by atoms with E-state index in [9.17, 15) is 5.11 Å². The number of aromatic hydroxyl groups is 1. The summed E-state index contributed by atoms with van der Waals surface area (Å²) in [6, 6.07) is 19.2. The SMILES string of the molecule is Oc1cc2c(cc1-c1nc3ccccc3[nH]1)oc1ccccc12. The second-order valence-electron chi connectivity index (χ2n) is 5.57. The Bertz CT molecular complexity index is 1150. The minimum atomic E-state index is 0.183. The molecule has 4 heteroatoms. The van der Waals surface area contributed by atoms with Gasteiger partial charge >= 0.3 is 0 Å². The first-order chi connectivity index (χ1) is 11.3. The maximum absolute atomic E-state index is 10.5. The third-order valence-electron chi connectivity index (χ3n) is 4.14. The zero-order chi connectivity index (χ0) is 15.4. The Balaban J connectivity index is 1.80. The zero-order valence-electron chi connectivity index (χ0n) is 12.1. The van der Waals surface area contributed by atoms with Gasteiger partial charge in [-0.15, -0.1) is 0 Å². The number of benzene rings is 3. The van der Waals surface area contributed by atoms with Crippen molar-refractivity contribution in [2.24, 2.45) is 0 Å². The maximum Gasteiger partial charge on any atom is 0.142 e. The minimum Gasteiger partial charge on any atom is -0.507 e. The molecule has 3 aromatic carbocycles. The lowest BCUT2D eigenvalue weighted by molar-refractivity contribution is 0.477. The number of nitrogens with one attached hydrogen (secondary N) is 1. The van der Waals surface area contributed by atoms with Crippen LogP contribution in [0.25, 0.3) is 44.4 Å². The second kappa shape index (κ2) is 4.36. The minimum absolute atomic E-state index is 0.183. The Morgan fingerprint density at radius 1 is 0.870 bits per heavy atom. The number of aromatic amines is 1.